The second-order valence-electron chi connectivity index (χ2n) is 8.76. The lowest BCUT2D eigenvalue weighted by molar-refractivity contribution is -0.132. The number of carbonyl (C=O) groups is 2. The minimum Gasteiger partial charge on any atom is -0.507 e. The number of aliphatic hydroxyl groups is 1. The lowest BCUT2D eigenvalue weighted by atomic mass is 9.93. The molecule has 5 rings (SSSR count). The van der Waals surface area contributed by atoms with Crippen molar-refractivity contribution < 1.29 is 19.4 Å². The van der Waals surface area contributed by atoms with Gasteiger partial charge in [0.05, 0.1) is 11.6 Å². The number of ketones is 1. The summed E-state index contributed by atoms with van der Waals surface area (Å²) in [6.45, 7) is 6.20. The van der Waals surface area contributed by atoms with Crippen LogP contribution < -0.4 is 9.64 Å². The van der Waals surface area contributed by atoms with Crippen molar-refractivity contribution in [2.75, 3.05) is 4.90 Å². The Kier molecular flexibility index (Phi) is 5.29. The summed E-state index contributed by atoms with van der Waals surface area (Å²) in [7, 11) is 0. The van der Waals surface area contributed by atoms with Crippen LogP contribution >= 0.6 is 11.3 Å². The first-order valence-corrected chi connectivity index (χ1v) is 11.8. The fraction of sp³-hybridized carbons (Fsp3) is 0.269. The third-order valence-electron chi connectivity index (χ3n) is 6.16. The zero-order chi connectivity index (χ0) is 23.3. The molecule has 1 aromatic heterocycles. The van der Waals surface area contributed by atoms with Gasteiger partial charge in [0.1, 0.15) is 17.6 Å². The van der Waals surface area contributed by atoms with Crippen LogP contribution in [-0.2, 0) is 16.0 Å². The van der Waals surface area contributed by atoms with Gasteiger partial charge in [-0.15, -0.1) is 11.3 Å². The zero-order valence-corrected chi connectivity index (χ0v) is 19.4. The van der Waals surface area contributed by atoms with Crippen molar-refractivity contribution in [3.05, 3.63) is 81.9 Å². The highest BCUT2D eigenvalue weighted by molar-refractivity contribution is 7.14. The van der Waals surface area contributed by atoms with Gasteiger partial charge >= 0.3 is 5.91 Å². The van der Waals surface area contributed by atoms with Gasteiger partial charge in [-0.3, -0.25) is 14.5 Å². The maximum atomic E-state index is 13.2. The number of fused-ring (bicyclic) bond motifs is 1. The number of hydrogen-bond donors (Lipinski definition) is 1. The molecule has 2 aromatic carbocycles. The Morgan fingerprint density at radius 1 is 1.18 bits per heavy atom. The van der Waals surface area contributed by atoms with Crippen molar-refractivity contribution in [3.63, 3.8) is 0 Å². The van der Waals surface area contributed by atoms with Crippen molar-refractivity contribution in [1.82, 2.24) is 4.98 Å². The molecule has 1 amide bonds. The summed E-state index contributed by atoms with van der Waals surface area (Å²) in [4.78, 5) is 32.0. The summed E-state index contributed by atoms with van der Waals surface area (Å²) in [5.41, 5.74) is 3.43. The minimum atomic E-state index is -0.763. The molecule has 0 spiro atoms. The Labute approximate surface area is 196 Å². The molecule has 33 heavy (non-hydrogen) atoms. The number of amides is 1. The maximum absolute atomic E-state index is 13.2. The van der Waals surface area contributed by atoms with Gasteiger partial charge < -0.3 is 9.84 Å². The van der Waals surface area contributed by atoms with Crippen molar-refractivity contribution in [3.8, 4) is 5.75 Å². The predicted molar refractivity (Wildman–Crippen MR) is 128 cm³/mol. The Hall–Kier alpha value is -3.45. The number of carbonyl (C=O) groups excluding carboxylic acids is 2. The summed E-state index contributed by atoms with van der Waals surface area (Å²) in [6, 6.07) is 12.4. The second-order valence-corrected chi connectivity index (χ2v) is 9.63. The largest absolute Gasteiger partial charge is 0.507 e. The summed E-state index contributed by atoms with van der Waals surface area (Å²) in [5, 5.41) is 13.5. The van der Waals surface area contributed by atoms with Crippen molar-refractivity contribution in [2.24, 2.45) is 0 Å². The molecule has 2 atom stereocenters. The number of benzene rings is 2. The van der Waals surface area contributed by atoms with E-state index in [2.05, 4.69) is 18.8 Å². The minimum absolute atomic E-state index is 0.0624. The van der Waals surface area contributed by atoms with Crippen LogP contribution in [0.25, 0.3) is 5.76 Å². The van der Waals surface area contributed by atoms with Gasteiger partial charge in [0.25, 0.3) is 5.78 Å². The maximum Gasteiger partial charge on any atom is 0.301 e. The average molecular weight is 461 g/mol. The molecular weight excluding hydrogens is 436 g/mol. The number of ether oxygens (including phenoxy) is 1. The van der Waals surface area contributed by atoms with Gasteiger partial charge in [-0.05, 0) is 47.7 Å². The molecule has 1 N–H and O–H groups in total. The van der Waals surface area contributed by atoms with Crippen LogP contribution in [0.5, 0.6) is 5.75 Å². The standard InChI is InChI=1S/C26H24N2O4S/c1-14(2)16-4-6-17(7-5-16)22-21(24(30)25(31)28(22)26-27-10-11-33-26)23(29)18-8-9-20-19(13-18)12-15(3)32-20/h4-11,13-15,22,29H,12H2,1-3H3/b23-21+/t15-,22-/m0/s1. The molecule has 3 aromatic rings. The number of anilines is 1. The highest BCUT2D eigenvalue weighted by Gasteiger charge is 2.48. The van der Waals surface area contributed by atoms with Gasteiger partial charge in [-0.25, -0.2) is 4.98 Å². The lowest BCUT2D eigenvalue weighted by Crippen LogP contribution is -2.29. The van der Waals surface area contributed by atoms with Crippen molar-refractivity contribution in [2.45, 2.75) is 45.3 Å². The summed E-state index contributed by atoms with van der Waals surface area (Å²) >= 11 is 1.28. The molecule has 168 valence electrons. The predicted octanol–water partition coefficient (Wildman–Crippen LogP) is 5.22. The van der Waals surface area contributed by atoms with Crippen LogP contribution in [0.2, 0.25) is 0 Å². The third kappa shape index (κ3) is 3.62. The molecule has 2 aliphatic heterocycles. The molecule has 1 fully saturated rings. The van der Waals surface area contributed by atoms with E-state index in [1.54, 1.807) is 23.7 Å². The van der Waals surface area contributed by atoms with Crippen LogP contribution in [0, 0.1) is 0 Å². The number of nitrogens with zero attached hydrogens (tertiary/aromatic N) is 2. The fourth-order valence-corrected chi connectivity index (χ4v) is 5.14. The van der Waals surface area contributed by atoms with Crippen LogP contribution in [-0.4, -0.2) is 27.9 Å². The van der Waals surface area contributed by atoms with Crippen LogP contribution in [0.15, 0.2) is 59.6 Å². The average Bonchev–Trinajstić information content (AvgIpc) is 3.51. The van der Waals surface area contributed by atoms with Crippen molar-refractivity contribution in [1.29, 1.82) is 0 Å². The van der Waals surface area contributed by atoms with E-state index in [0.717, 1.165) is 28.9 Å². The molecule has 1 saturated heterocycles. The number of aliphatic hydroxyl groups excluding tert-OH is 1. The molecule has 6 nitrogen and oxygen atoms in total. The Morgan fingerprint density at radius 2 is 1.94 bits per heavy atom. The molecule has 0 aliphatic carbocycles. The van der Waals surface area contributed by atoms with Crippen LogP contribution in [0.1, 0.15) is 55.0 Å². The van der Waals surface area contributed by atoms with E-state index in [-0.39, 0.29) is 17.4 Å². The first-order valence-electron chi connectivity index (χ1n) is 11.0. The lowest BCUT2D eigenvalue weighted by Gasteiger charge is -2.23. The fourth-order valence-electron chi connectivity index (χ4n) is 4.47. The van der Waals surface area contributed by atoms with Gasteiger partial charge in [-0.1, -0.05) is 38.1 Å². The first-order chi connectivity index (χ1) is 15.8. The molecule has 2 aliphatic rings. The molecule has 0 unspecified atom stereocenters. The highest BCUT2D eigenvalue weighted by atomic mass is 32.1. The Bertz CT molecular complexity index is 1260. The second kappa shape index (κ2) is 8.15. The van der Waals surface area contributed by atoms with Gasteiger partial charge in [-0.2, -0.15) is 0 Å². The number of rotatable bonds is 4. The zero-order valence-electron chi connectivity index (χ0n) is 18.6. The van der Waals surface area contributed by atoms with E-state index in [1.165, 1.54) is 16.2 Å². The highest BCUT2D eigenvalue weighted by Crippen LogP contribution is 2.43. The number of aromatic nitrogens is 1. The Morgan fingerprint density at radius 3 is 2.61 bits per heavy atom. The van der Waals surface area contributed by atoms with Gasteiger partial charge in [0, 0.05) is 23.6 Å². The molecule has 7 heteroatoms. The summed E-state index contributed by atoms with van der Waals surface area (Å²) in [5.74, 6) is -0.468. The number of thiazole rings is 1. The summed E-state index contributed by atoms with van der Waals surface area (Å²) in [6.07, 6.45) is 2.39. The van der Waals surface area contributed by atoms with Gasteiger partial charge in [0.15, 0.2) is 5.13 Å². The quantitative estimate of drug-likeness (QED) is 0.328. The topological polar surface area (TPSA) is 79.7 Å². The monoisotopic (exact) mass is 460 g/mol. The molecule has 0 saturated carbocycles. The van der Waals surface area contributed by atoms with Crippen molar-refractivity contribution >= 4 is 33.9 Å². The molecule has 3 heterocycles. The van der Waals surface area contributed by atoms with E-state index in [4.69, 9.17) is 4.74 Å². The molecular formula is C26H24N2O4S. The van der Waals surface area contributed by atoms with E-state index in [1.807, 2.05) is 37.3 Å². The summed E-state index contributed by atoms with van der Waals surface area (Å²) < 4.78 is 5.76. The van der Waals surface area contributed by atoms with E-state index in [9.17, 15) is 14.7 Å². The smallest absolute Gasteiger partial charge is 0.301 e. The van der Waals surface area contributed by atoms with Crippen LogP contribution in [0.4, 0.5) is 5.13 Å². The normalized spacial score (nSPS) is 21.5. The first kappa shape index (κ1) is 21.4. The third-order valence-corrected chi connectivity index (χ3v) is 6.93. The van der Waals surface area contributed by atoms with E-state index in [0.29, 0.717) is 16.6 Å². The van der Waals surface area contributed by atoms with E-state index >= 15 is 0 Å². The van der Waals surface area contributed by atoms with Crippen LogP contribution in [0.3, 0.4) is 0 Å². The Balaban J connectivity index is 1.66. The molecule has 0 radical (unpaired) electrons. The molecule has 0 bridgehead atoms. The number of hydrogen-bond acceptors (Lipinski definition) is 6. The van der Waals surface area contributed by atoms with Gasteiger partial charge in [0.2, 0.25) is 0 Å². The van der Waals surface area contributed by atoms with E-state index < -0.39 is 17.7 Å². The number of Topliss-reactive ketones (excluding diaryl/α,β-unsaturated/α-hetero) is 1. The SMILES string of the molecule is CC(C)c1ccc([C@H]2/C(=C(\O)c3ccc4c(c3)C[C@H](C)O4)C(=O)C(=O)N2c2nccs2)cc1.